The van der Waals surface area contributed by atoms with Gasteiger partial charge < -0.3 is 25.0 Å². The van der Waals surface area contributed by atoms with Crippen molar-refractivity contribution >= 4 is 57.7 Å². The zero-order valence-electron chi connectivity index (χ0n) is 22.8. The second-order valence-corrected chi connectivity index (χ2v) is 10.9. The minimum atomic E-state index is -4.72. The Morgan fingerprint density at radius 1 is 0.977 bits per heavy atom. The number of carbonyl (C=O) groups excluding carboxylic acids is 8. The molecule has 2 saturated heterocycles. The highest BCUT2D eigenvalue weighted by Gasteiger charge is 2.43. The molecule has 20 heteroatoms. The molecule has 2 fully saturated rings. The van der Waals surface area contributed by atoms with Gasteiger partial charge in [-0.3, -0.25) is 33.4 Å². The van der Waals surface area contributed by atoms with Crippen molar-refractivity contribution in [2.24, 2.45) is 0 Å². The van der Waals surface area contributed by atoms with Crippen LogP contribution in [0.15, 0.2) is 12.3 Å². The third-order valence-electron chi connectivity index (χ3n) is 5.45. The zero-order chi connectivity index (χ0) is 32.7. The van der Waals surface area contributed by atoms with Crippen LogP contribution in [0.1, 0.15) is 33.1 Å². The van der Waals surface area contributed by atoms with E-state index >= 15 is 0 Å². The van der Waals surface area contributed by atoms with E-state index in [4.69, 9.17) is 20.6 Å². The topological polar surface area (TPSA) is 252 Å². The molecule has 3 N–H and O–H groups in total. The third-order valence-corrected chi connectivity index (χ3v) is 6.61. The number of terminal acetylenes is 1. The summed E-state index contributed by atoms with van der Waals surface area (Å²) in [5, 5.41) is 2.90. The van der Waals surface area contributed by atoms with E-state index in [0.29, 0.717) is 4.90 Å². The SMILES string of the molecule is C#CC(C)(C)OC(=O)N(CC(=O)NCC(=O)ON1C(=C)C(S(=O)(=O)O)CC1=O)CC(=O)[15NH]CC(=O)ON1C(=O)CCC1=O. The van der Waals surface area contributed by atoms with Gasteiger partial charge in [-0.05, 0) is 13.8 Å². The standard InChI is InChI=1S/C23H27N5O14S/c1-5-23(3,4)40-22(36)26(12-16(30)25-10-21(35)42-28-17(31)6-7-18(28)32)11-15(29)24-9-20(34)41-27-13(2)14(8-19(27)33)43(37,38)39/h1,14H,2,6-12H2,3-4H3,(H,24,29)(H,25,30)(H,37,38,39)/i25+1. The van der Waals surface area contributed by atoms with E-state index in [9.17, 15) is 46.8 Å². The van der Waals surface area contributed by atoms with Crippen molar-refractivity contribution in [3.05, 3.63) is 12.3 Å². The Morgan fingerprint density at radius 2 is 1.44 bits per heavy atom. The number of nitrogens with one attached hydrogen (secondary N) is 2. The quantitative estimate of drug-likeness (QED) is 0.0849. The highest BCUT2D eigenvalue weighted by Crippen LogP contribution is 2.27. The van der Waals surface area contributed by atoms with E-state index in [0.717, 1.165) is 0 Å². The van der Waals surface area contributed by atoms with Crippen LogP contribution in [-0.4, -0.2) is 113 Å². The van der Waals surface area contributed by atoms with E-state index in [1.54, 1.807) is 0 Å². The molecule has 1 atom stereocenters. The first kappa shape index (κ1) is 34.2. The van der Waals surface area contributed by atoms with Gasteiger partial charge in [0.2, 0.25) is 11.8 Å². The predicted molar refractivity (Wildman–Crippen MR) is 136 cm³/mol. The van der Waals surface area contributed by atoms with Crippen LogP contribution in [0.4, 0.5) is 4.79 Å². The van der Waals surface area contributed by atoms with Crippen LogP contribution in [-0.2, 0) is 58.1 Å². The summed E-state index contributed by atoms with van der Waals surface area (Å²) in [5.41, 5.74) is -2.01. The maximum atomic E-state index is 12.6. The second-order valence-electron chi connectivity index (χ2n) is 9.33. The van der Waals surface area contributed by atoms with Crippen LogP contribution < -0.4 is 10.6 Å². The van der Waals surface area contributed by atoms with Gasteiger partial charge in [0.05, 0.1) is 12.1 Å². The van der Waals surface area contributed by atoms with Crippen molar-refractivity contribution in [3.8, 4) is 12.3 Å². The molecule has 0 aromatic heterocycles. The summed E-state index contributed by atoms with van der Waals surface area (Å²) in [6.45, 7) is 2.43. The number of carbonyl (C=O) groups is 8. The Hall–Kier alpha value is -5.03. The van der Waals surface area contributed by atoms with Crippen molar-refractivity contribution in [1.82, 2.24) is 25.7 Å². The van der Waals surface area contributed by atoms with Crippen molar-refractivity contribution in [2.75, 3.05) is 26.2 Å². The van der Waals surface area contributed by atoms with Crippen LogP contribution in [0.5, 0.6) is 0 Å². The Bertz CT molecular complexity index is 1380. The summed E-state index contributed by atoms with van der Waals surface area (Å²) in [5.74, 6) is -4.85. The number of nitrogens with zero attached hydrogens (tertiary/aromatic N) is 3. The number of hydroxylamine groups is 4. The van der Waals surface area contributed by atoms with Gasteiger partial charge in [-0.25, -0.2) is 14.4 Å². The third kappa shape index (κ3) is 9.79. The van der Waals surface area contributed by atoms with Gasteiger partial charge in [0.1, 0.15) is 31.4 Å². The first-order valence-corrected chi connectivity index (χ1v) is 13.6. The molecule has 0 aliphatic carbocycles. The molecule has 234 valence electrons. The van der Waals surface area contributed by atoms with Gasteiger partial charge in [0.25, 0.3) is 27.8 Å². The first-order chi connectivity index (χ1) is 19.8. The highest BCUT2D eigenvalue weighted by atomic mass is 32.2. The van der Waals surface area contributed by atoms with Gasteiger partial charge in [-0.1, -0.05) is 12.5 Å². The van der Waals surface area contributed by atoms with Crippen LogP contribution in [0.25, 0.3) is 0 Å². The molecule has 1 unspecified atom stereocenters. The molecular formula is C23H27N5O14S. The smallest absolute Gasteiger partial charge is 0.412 e. The fourth-order valence-corrected chi connectivity index (χ4v) is 4.05. The monoisotopic (exact) mass is 630 g/mol. The van der Waals surface area contributed by atoms with E-state index < -0.39 is 107 Å². The average Bonchev–Trinajstić information content (AvgIpc) is 3.38. The van der Waals surface area contributed by atoms with Crippen molar-refractivity contribution in [2.45, 2.75) is 44.0 Å². The normalized spacial score (nSPS) is 16.8. The Morgan fingerprint density at radius 3 is 1.86 bits per heavy atom. The Labute approximate surface area is 244 Å². The number of ether oxygens (including phenoxy) is 1. The Kier molecular flexibility index (Phi) is 10.9. The fourth-order valence-electron chi connectivity index (χ4n) is 3.26. The number of hydrogen-bond donors (Lipinski definition) is 3. The summed E-state index contributed by atoms with van der Waals surface area (Å²) in [6.07, 6.45) is 3.00. The largest absolute Gasteiger partial charge is 0.430 e. The van der Waals surface area contributed by atoms with E-state index in [-0.39, 0.29) is 23.0 Å². The van der Waals surface area contributed by atoms with Crippen LogP contribution in [0, 0.1) is 12.3 Å². The minimum Gasteiger partial charge on any atom is -0.430 e. The maximum Gasteiger partial charge on any atom is 0.412 e. The van der Waals surface area contributed by atoms with E-state index in [1.165, 1.54) is 13.8 Å². The predicted octanol–water partition coefficient (Wildman–Crippen LogP) is -2.86. The number of amides is 6. The number of imide groups is 1. The zero-order valence-corrected chi connectivity index (χ0v) is 23.6. The maximum absolute atomic E-state index is 12.6. The van der Waals surface area contributed by atoms with Gasteiger partial charge in [0.15, 0.2) is 5.60 Å². The second kappa shape index (κ2) is 13.8. The van der Waals surface area contributed by atoms with Gasteiger partial charge in [-0.15, -0.1) is 16.5 Å². The average molecular weight is 631 g/mol. The molecule has 0 bridgehead atoms. The van der Waals surface area contributed by atoms with Crippen LogP contribution in [0.2, 0.25) is 0 Å². The molecule has 6 amide bonds. The fraction of sp³-hybridized carbons (Fsp3) is 0.478. The molecular weight excluding hydrogens is 603 g/mol. The van der Waals surface area contributed by atoms with Gasteiger partial charge in [-0.2, -0.15) is 8.42 Å². The molecule has 2 aliphatic heterocycles. The van der Waals surface area contributed by atoms with Gasteiger partial charge >= 0.3 is 18.0 Å². The lowest BCUT2D eigenvalue weighted by Crippen LogP contribution is -2.49. The van der Waals surface area contributed by atoms with Crippen LogP contribution in [0.3, 0.4) is 0 Å². The number of hydrogen-bond acceptors (Lipinski definition) is 13. The lowest BCUT2D eigenvalue weighted by atomic mass is 10.1. The lowest BCUT2D eigenvalue weighted by molar-refractivity contribution is -0.196. The molecule has 2 heterocycles. The molecule has 43 heavy (non-hydrogen) atoms. The molecule has 2 aliphatic rings. The molecule has 0 aromatic rings. The lowest BCUT2D eigenvalue weighted by Gasteiger charge is -2.26. The summed E-state index contributed by atoms with van der Waals surface area (Å²) < 4.78 is 36.9. The molecule has 0 spiro atoms. The summed E-state index contributed by atoms with van der Waals surface area (Å²) >= 11 is 0. The summed E-state index contributed by atoms with van der Waals surface area (Å²) in [6, 6.07) is 0. The summed E-state index contributed by atoms with van der Waals surface area (Å²) in [7, 11) is -4.72. The highest BCUT2D eigenvalue weighted by molar-refractivity contribution is 7.86. The van der Waals surface area contributed by atoms with Crippen molar-refractivity contribution in [1.29, 1.82) is 0 Å². The number of rotatable bonds is 12. The molecule has 2 rings (SSSR count). The molecule has 0 radical (unpaired) electrons. The van der Waals surface area contributed by atoms with Crippen molar-refractivity contribution in [3.63, 3.8) is 0 Å². The van der Waals surface area contributed by atoms with E-state index in [1.807, 2.05) is 5.32 Å². The van der Waals surface area contributed by atoms with E-state index in [2.05, 4.69) is 22.7 Å². The van der Waals surface area contributed by atoms with Crippen molar-refractivity contribution < 1.29 is 65.7 Å². The minimum absolute atomic E-state index is 0.149. The summed E-state index contributed by atoms with van der Waals surface area (Å²) in [4.78, 5) is 106. The van der Waals surface area contributed by atoms with Crippen LogP contribution >= 0.6 is 0 Å². The Balaban J connectivity index is 1.95. The molecule has 0 aromatic carbocycles. The molecule has 0 saturated carbocycles. The molecule has 19 nitrogen and oxygen atoms in total. The first-order valence-electron chi connectivity index (χ1n) is 12.1. The van der Waals surface area contributed by atoms with Gasteiger partial charge in [0, 0.05) is 12.8 Å².